The molecule has 0 aliphatic heterocycles. The normalized spacial score (nSPS) is 14.2. The lowest BCUT2D eigenvalue weighted by Gasteiger charge is -2.13. The molecule has 180 valence electrons. The maximum atomic E-state index is 12.6. The summed E-state index contributed by atoms with van der Waals surface area (Å²) in [7, 11) is -4.18. The fourth-order valence-corrected chi connectivity index (χ4v) is 3.21. The van der Waals surface area contributed by atoms with Gasteiger partial charge in [0.25, 0.3) is 0 Å². The van der Waals surface area contributed by atoms with Crippen LogP contribution in [-0.2, 0) is 14.9 Å². The van der Waals surface area contributed by atoms with Gasteiger partial charge in [0.2, 0.25) is 0 Å². The number of hydrogen-bond acceptors (Lipinski definition) is 6. The molecule has 0 aliphatic rings. The van der Waals surface area contributed by atoms with E-state index >= 15 is 0 Å². The lowest BCUT2D eigenvalue weighted by atomic mass is 10.0. The van der Waals surface area contributed by atoms with Gasteiger partial charge >= 0.3 is 15.6 Å². The van der Waals surface area contributed by atoms with Crippen molar-refractivity contribution in [2.75, 3.05) is 13.7 Å². The van der Waals surface area contributed by atoms with Crippen molar-refractivity contribution in [1.82, 2.24) is 5.43 Å². The van der Waals surface area contributed by atoms with E-state index in [1.807, 2.05) is 6.92 Å². The van der Waals surface area contributed by atoms with Crippen LogP contribution in [0.2, 0.25) is 5.02 Å². The van der Waals surface area contributed by atoms with Crippen molar-refractivity contribution < 1.29 is 30.5 Å². The van der Waals surface area contributed by atoms with E-state index in [-0.39, 0.29) is 6.04 Å². The smallest absolute Gasteiger partial charge is 0.382 e. The maximum Gasteiger partial charge on any atom is 0.534 e. The summed E-state index contributed by atoms with van der Waals surface area (Å²) in [6.45, 7) is 4.16. The van der Waals surface area contributed by atoms with Gasteiger partial charge < -0.3 is 8.92 Å². The summed E-state index contributed by atoms with van der Waals surface area (Å²) in [6, 6.07) is 11.7. The van der Waals surface area contributed by atoms with E-state index < -0.39 is 21.4 Å². The average molecular weight is 506 g/mol. The number of hydrogen-bond donors (Lipinski definition) is 1. The van der Waals surface area contributed by atoms with Gasteiger partial charge in [-0.25, -0.2) is 0 Å². The molecule has 0 fully saturated rings. The zero-order valence-electron chi connectivity index (χ0n) is 18.1. The van der Waals surface area contributed by atoms with Crippen LogP contribution in [0.15, 0.2) is 58.6 Å². The van der Waals surface area contributed by atoms with Crippen LogP contribution in [0.1, 0.15) is 31.4 Å². The largest absolute Gasteiger partial charge is 0.534 e. The van der Waals surface area contributed by atoms with Crippen molar-refractivity contribution in [2.24, 2.45) is 10.1 Å². The fraction of sp³-hybridized carbons (Fsp3) is 0.333. The maximum absolute atomic E-state index is 12.6. The molecular formula is C21H23ClF3N3O4S. The number of halogens is 4. The molecule has 33 heavy (non-hydrogen) atoms. The highest BCUT2D eigenvalue weighted by molar-refractivity contribution is 7.88. The van der Waals surface area contributed by atoms with Gasteiger partial charge in [-0.15, -0.1) is 0 Å². The molecule has 12 heteroatoms. The molecule has 0 radical (unpaired) electrons. The molecule has 0 saturated carbocycles. The van der Waals surface area contributed by atoms with Crippen molar-refractivity contribution in [3.8, 4) is 5.75 Å². The molecule has 0 saturated heterocycles. The number of methoxy groups -OCH3 is 1. The molecule has 1 unspecified atom stereocenters. The van der Waals surface area contributed by atoms with Gasteiger partial charge in [-0.1, -0.05) is 30.7 Å². The lowest BCUT2D eigenvalue weighted by molar-refractivity contribution is -0.0500. The van der Waals surface area contributed by atoms with Crippen molar-refractivity contribution in [3.05, 3.63) is 64.7 Å². The second kappa shape index (κ2) is 11.5. The zero-order valence-corrected chi connectivity index (χ0v) is 19.6. The number of nitrogens with zero attached hydrogens (tertiary/aromatic N) is 2. The highest BCUT2D eigenvalue weighted by Gasteiger charge is 2.48. The summed E-state index contributed by atoms with van der Waals surface area (Å²) in [6.07, 6.45) is 0.767. The molecule has 0 heterocycles. The summed E-state index contributed by atoms with van der Waals surface area (Å²) < 4.78 is 69.4. The Kier molecular flexibility index (Phi) is 9.26. The molecule has 2 aromatic carbocycles. The van der Waals surface area contributed by atoms with E-state index in [1.54, 1.807) is 38.3 Å². The second-order valence-electron chi connectivity index (χ2n) is 6.82. The highest BCUT2D eigenvalue weighted by atomic mass is 35.5. The van der Waals surface area contributed by atoms with Crippen LogP contribution in [-0.4, -0.2) is 45.2 Å². The van der Waals surface area contributed by atoms with Gasteiger partial charge in [-0.2, -0.15) is 26.7 Å². The van der Waals surface area contributed by atoms with Crippen LogP contribution >= 0.6 is 11.6 Å². The number of nitrogens with one attached hydrogen (secondary N) is 1. The minimum absolute atomic E-state index is 0.0521. The average Bonchev–Trinajstić information content (AvgIpc) is 2.74. The monoisotopic (exact) mass is 505 g/mol. The third-order valence-electron chi connectivity index (χ3n) is 4.27. The number of aliphatic imine (C=N–C) groups is 1. The quantitative estimate of drug-likeness (QED) is 0.175. The molecule has 0 spiro atoms. The third kappa shape index (κ3) is 7.72. The molecule has 2 aromatic rings. The third-order valence-corrected chi connectivity index (χ3v) is 5.50. The van der Waals surface area contributed by atoms with Crippen molar-refractivity contribution in [2.45, 2.75) is 31.8 Å². The molecule has 0 bridgehead atoms. The number of amidine groups is 1. The second-order valence-corrected chi connectivity index (χ2v) is 8.79. The standard InChI is InChI=1S/C21H23ClF3N3O4S/c1-4-18(13-31-3)26-14(2)27-28-20(15-5-9-17(22)10-6-15)16-7-11-19(12-8-16)32-33(29,30)21(23,24)25/h5-12,18H,4,13H2,1-3H3,(H,26,27). The van der Waals surface area contributed by atoms with Gasteiger partial charge in [-0.3, -0.25) is 10.4 Å². The predicted octanol–water partition coefficient (Wildman–Crippen LogP) is 4.75. The fourth-order valence-electron chi connectivity index (χ4n) is 2.62. The topological polar surface area (TPSA) is 89.3 Å². The Labute approximate surface area is 195 Å². The van der Waals surface area contributed by atoms with Gasteiger partial charge in [-0.05, 0) is 49.7 Å². The Bertz CT molecular complexity index is 1090. The Morgan fingerprint density at radius 3 is 2.12 bits per heavy atom. The number of benzene rings is 2. The number of alkyl halides is 3. The minimum atomic E-state index is -5.76. The van der Waals surface area contributed by atoms with Gasteiger partial charge in [0.1, 0.15) is 11.6 Å². The summed E-state index contributed by atoms with van der Waals surface area (Å²) in [5.74, 6) is 0.0455. The van der Waals surface area contributed by atoms with Crippen LogP contribution in [0, 0.1) is 0 Å². The molecule has 2 rings (SSSR count). The molecule has 0 amide bonds. The number of ether oxygens (including phenoxy) is 1. The molecule has 0 aliphatic carbocycles. The first kappa shape index (κ1) is 26.6. The first-order valence-electron chi connectivity index (χ1n) is 9.71. The SMILES string of the molecule is CCC(COC)N=C(C)NN=C(c1ccc(Cl)cc1)c1ccc(OS(=O)(=O)C(F)(F)F)cc1. The molecule has 1 atom stereocenters. The molecular weight excluding hydrogens is 483 g/mol. The van der Waals surface area contributed by atoms with E-state index in [1.165, 1.54) is 12.1 Å². The first-order valence-corrected chi connectivity index (χ1v) is 11.5. The summed E-state index contributed by atoms with van der Waals surface area (Å²) in [5.41, 5.74) is -1.10. The van der Waals surface area contributed by atoms with Crippen LogP contribution in [0.4, 0.5) is 13.2 Å². The van der Waals surface area contributed by atoms with Gasteiger partial charge in [0.05, 0.1) is 18.4 Å². The molecule has 1 N–H and O–H groups in total. The van der Waals surface area contributed by atoms with E-state index in [0.29, 0.717) is 34.3 Å². The van der Waals surface area contributed by atoms with Crippen LogP contribution in [0.25, 0.3) is 0 Å². The zero-order chi connectivity index (χ0) is 24.6. The first-order chi connectivity index (χ1) is 15.5. The van der Waals surface area contributed by atoms with Gasteiger partial charge in [0, 0.05) is 23.3 Å². The van der Waals surface area contributed by atoms with Crippen molar-refractivity contribution >= 4 is 33.3 Å². The van der Waals surface area contributed by atoms with Crippen LogP contribution < -0.4 is 9.61 Å². The van der Waals surface area contributed by atoms with Crippen LogP contribution in [0.5, 0.6) is 5.75 Å². The van der Waals surface area contributed by atoms with E-state index in [9.17, 15) is 21.6 Å². The molecule has 7 nitrogen and oxygen atoms in total. The van der Waals surface area contributed by atoms with E-state index in [0.717, 1.165) is 18.6 Å². The van der Waals surface area contributed by atoms with Gasteiger partial charge in [0.15, 0.2) is 0 Å². The predicted molar refractivity (Wildman–Crippen MR) is 121 cm³/mol. The number of hydrazone groups is 1. The Balaban J connectivity index is 2.36. The van der Waals surface area contributed by atoms with Crippen molar-refractivity contribution in [1.29, 1.82) is 0 Å². The summed E-state index contributed by atoms with van der Waals surface area (Å²) >= 11 is 5.96. The Hall–Kier alpha value is -2.63. The van der Waals surface area contributed by atoms with Crippen molar-refractivity contribution in [3.63, 3.8) is 0 Å². The Morgan fingerprint density at radius 1 is 1.09 bits per heavy atom. The van der Waals surface area contributed by atoms with E-state index in [4.69, 9.17) is 16.3 Å². The summed E-state index contributed by atoms with van der Waals surface area (Å²) in [5, 5.41) is 4.91. The highest BCUT2D eigenvalue weighted by Crippen LogP contribution is 2.27. The summed E-state index contributed by atoms with van der Waals surface area (Å²) in [4.78, 5) is 4.49. The number of rotatable bonds is 9. The Morgan fingerprint density at radius 2 is 1.64 bits per heavy atom. The minimum Gasteiger partial charge on any atom is -0.382 e. The van der Waals surface area contributed by atoms with E-state index in [2.05, 4.69) is 19.7 Å². The molecule has 0 aromatic heterocycles. The lowest BCUT2D eigenvalue weighted by Crippen LogP contribution is -2.28. The van der Waals surface area contributed by atoms with Crippen LogP contribution in [0.3, 0.4) is 0 Å².